The minimum absolute atomic E-state index is 0.181. The Bertz CT molecular complexity index is 724. The Hall–Kier alpha value is -2.11. The number of likely N-dealkylation sites (tertiary alicyclic amines) is 1. The number of nitrogens with zero attached hydrogens (tertiary/aromatic N) is 5. The van der Waals surface area contributed by atoms with Gasteiger partial charge in [-0.15, -0.1) is 0 Å². The van der Waals surface area contributed by atoms with Crippen LogP contribution < -0.4 is 0 Å². The molecular formula is C20H31N5O. The van der Waals surface area contributed by atoms with Crippen LogP contribution >= 0.6 is 0 Å². The highest BCUT2D eigenvalue weighted by Crippen LogP contribution is 2.25. The molecule has 1 aliphatic heterocycles. The molecule has 0 spiro atoms. The van der Waals surface area contributed by atoms with Crippen molar-refractivity contribution in [2.75, 3.05) is 13.1 Å². The number of hydrogen-bond acceptors (Lipinski definition) is 3. The smallest absolute Gasteiger partial charge is 0.245 e. The van der Waals surface area contributed by atoms with Crippen molar-refractivity contribution in [3.8, 4) is 0 Å². The highest BCUT2D eigenvalue weighted by molar-refractivity contribution is 5.80. The van der Waals surface area contributed by atoms with Gasteiger partial charge in [0.1, 0.15) is 17.7 Å². The van der Waals surface area contributed by atoms with Crippen molar-refractivity contribution in [3.63, 3.8) is 0 Å². The summed E-state index contributed by atoms with van der Waals surface area (Å²) in [7, 11) is 0. The van der Waals surface area contributed by atoms with Gasteiger partial charge in [0.15, 0.2) is 0 Å². The van der Waals surface area contributed by atoms with E-state index in [1.54, 1.807) is 6.20 Å². The molecule has 0 aromatic carbocycles. The Morgan fingerprint density at radius 2 is 1.85 bits per heavy atom. The van der Waals surface area contributed by atoms with Crippen LogP contribution in [0.25, 0.3) is 0 Å². The maximum atomic E-state index is 12.9. The maximum Gasteiger partial charge on any atom is 0.245 e. The third-order valence-electron chi connectivity index (χ3n) is 5.62. The van der Waals surface area contributed by atoms with E-state index >= 15 is 0 Å². The first-order valence-electron chi connectivity index (χ1n) is 9.76. The standard InChI is InChI=1S/C20H31N5O/c1-15(2)19-22-9-14-25(19)16(3)20(26)24-11-6-18(7-12-24)5-10-23-13-8-21-17(23)4/h8-9,13-16,18H,5-7,10-12H2,1-4H3/t16-/m0/s1. The first-order chi connectivity index (χ1) is 12.5. The molecule has 3 rings (SSSR count). The fourth-order valence-corrected chi connectivity index (χ4v) is 3.89. The van der Waals surface area contributed by atoms with Crippen molar-refractivity contribution in [3.05, 3.63) is 36.4 Å². The Labute approximate surface area is 156 Å². The molecule has 1 atom stereocenters. The summed E-state index contributed by atoms with van der Waals surface area (Å²) in [6.07, 6.45) is 11.0. The molecular weight excluding hydrogens is 326 g/mol. The number of hydrogen-bond donors (Lipinski definition) is 0. The normalized spacial score (nSPS) is 17.0. The van der Waals surface area contributed by atoms with Gasteiger partial charge >= 0.3 is 0 Å². The molecule has 1 amide bonds. The van der Waals surface area contributed by atoms with Crippen LogP contribution in [0.15, 0.2) is 24.8 Å². The van der Waals surface area contributed by atoms with Crippen LogP contribution in [0.5, 0.6) is 0 Å². The van der Waals surface area contributed by atoms with Crippen molar-refractivity contribution in [1.29, 1.82) is 0 Å². The summed E-state index contributed by atoms with van der Waals surface area (Å²) in [5, 5.41) is 0. The molecule has 1 saturated heterocycles. The summed E-state index contributed by atoms with van der Waals surface area (Å²) in [6, 6.07) is -0.181. The van der Waals surface area contributed by atoms with E-state index in [1.807, 2.05) is 41.9 Å². The summed E-state index contributed by atoms with van der Waals surface area (Å²) in [5.41, 5.74) is 0. The lowest BCUT2D eigenvalue weighted by molar-refractivity contribution is -0.135. The van der Waals surface area contributed by atoms with Gasteiger partial charge in [0.2, 0.25) is 5.91 Å². The third-order valence-corrected chi connectivity index (χ3v) is 5.62. The number of amides is 1. The van der Waals surface area contributed by atoms with Crippen LogP contribution in [0.1, 0.15) is 63.6 Å². The zero-order valence-corrected chi connectivity index (χ0v) is 16.4. The Kier molecular flexibility index (Phi) is 5.79. The number of imidazole rings is 2. The number of carbonyl (C=O) groups is 1. The first-order valence-corrected chi connectivity index (χ1v) is 9.76. The summed E-state index contributed by atoms with van der Waals surface area (Å²) < 4.78 is 4.24. The molecule has 6 heteroatoms. The largest absolute Gasteiger partial charge is 0.341 e. The van der Waals surface area contributed by atoms with Gasteiger partial charge < -0.3 is 14.0 Å². The Morgan fingerprint density at radius 1 is 1.15 bits per heavy atom. The zero-order chi connectivity index (χ0) is 18.7. The van der Waals surface area contributed by atoms with Crippen molar-refractivity contribution in [2.45, 2.75) is 65.5 Å². The van der Waals surface area contributed by atoms with E-state index in [4.69, 9.17) is 0 Å². The van der Waals surface area contributed by atoms with E-state index in [2.05, 4.69) is 28.4 Å². The molecule has 0 radical (unpaired) electrons. The molecule has 0 saturated carbocycles. The third kappa shape index (κ3) is 4.00. The van der Waals surface area contributed by atoms with Crippen molar-refractivity contribution in [2.24, 2.45) is 5.92 Å². The second-order valence-corrected chi connectivity index (χ2v) is 7.75. The molecule has 2 aromatic heterocycles. The highest BCUT2D eigenvalue weighted by atomic mass is 16.2. The van der Waals surface area contributed by atoms with Crippen LogP contribution in [0.3, 0.4) is 0 Å². The molecule has 1 aliphatic rings. The van der Waals surface area contributed by atoms with Gasteiger partial charge in [-0.25, -0.2) is 9.97 Å². The number of aromatic nitrogens is 4. The molecule has 0 bridgehead atoms. The van der Waals surface area contributed by atoms with Crippen LogP contribution in [-0.4, -0.2) is 43.0 Å². The van der Waals surface area contributed by atoms with Crippen molar-refractivity contribution < 1.29 is 4.79 Å². The molecule has 0 unspecified atom stereocenters. The van der Waals surface area contributed by atoms with Gasteiger partial charge in [-0.1, -0.05) is 13.8 Å². The molecule has 6 nitrogen and oxygen atoms in total. The second kappa shape index (κ2) is 8.06. The van der Waals surface area contributed by atoms with E-state index in [0.29, 0.717) is 11.8 Å². The summed E-state index contributed by atoms with van der Waals surface area (Å²) in [4.78, 5) is 23.7. The molecule has 2 aromatic rings. The Balaban J connectivity index is 1.51. The summed E-state index contributed by atoms with van der Waals surface area (Å²) in [6.45, 7) is 11.0. The van der Waals surface area contributed by atoms with Crippen molar-refractivity contribution >= 4 is 5.91 Å². The number of rotatable bonds is 6. The van der Waals surface area contributed by atoms with Crippen LogP contribution in [0.4, 0.5) is 0 Å². The zero-order valence-electron chi connectivity index (χ0n) is 16.4. The van der Waals surface area contributed by atoms with E-state index in [0.717, 1.165) is 50.5 Å². The minimum Gasteiger partial charge on any atom is -0.341 e. The maximum absolute atomic E-state index is 12.9. The fourth-order valence-electron chi connectivity index (χ4n) is 3.89. The monoisotopic (exact) mass is 357 g/mol. The fraction of sp³-hybridized carbons (Fsp3) is 0.650. The van der Waals surface area contributed by atoms with Gasteiger partial charge in [0.05, 0.1) is 0 Å². The summed E-state index contributed by atoms with van der Waals surface area (Å²) >= 11 is 0. The summed E-state index contributed by atoms with van der Waals surface area (Å²) in [5.74, 6) is 3.28. The predicted octanol–water partition coefficient (Wildman–Crippen LogP) is 3.40. The van der Waals surface area contributed by atoms with Gasteiger partial charge in [-0.05, 0) is 39.0 Å². The van der Waals surface area contributed by atoms with E-state index in [9.17, 15) is 4.79 Å². The van der Waals surface area contributed by atoms with E-state index in [-0.39, 0.29) is 11.9 Å². The minimum atomic E-state index is -0.181. The number of aryl methyl sites for hydroxylation is 2. The van der Waals surface area contributed by atoms with Gasteiger partial charge in [-0.2, -0.15) is 0 Å². The van der Waals surface area contributed by atoms with E-state index < -0.39 is 0 Å². The number of carbonyl (C=O) groups excluding carboxylic acids is 1. The average molecular weight is 358 g/mol. The quantitative estimate of drug-likeness (QED) is 0.796. The molecule has 0 N–H and O–H groups in total. The predicted molar refractivity (Wildman–Crippen MR) is 102 cm³/mol. The van der Waals surface area contributed by atoms with E-state index in [1.165, 1.54) is 0 Å². The topological polar surface area (TPSA) is 56.0 Å². The SMILES string of the molecule is Cc1nccn1CCC1CCN(C(=O)[C@H](C)n2ccnc2C(C)C)CC1. The first kappa shape index (κ1) is 18.7. The second-order valence-electron chi connectivity index (χ2n) is 7.75. The molecule has 0 aliphatic carbocycles. The van der Waals surface area contributed by atoms with Crippen LogP contribution in [0, 0.1) is 12.8 Å². The van der Waals surface area contributed by atoms with Gasteiger partial charge in [0.25, 0.3) is 0 Å². The molecule has 26 heavy (non-hydrogen) atoms. The Morgan fingerprint density at radius 3 is 2.46 bits per heavy atom. The van der Waals surface area contributed by atoms with Crippen LogP contribution in [-0.2, 0) is 11.3 Å². The average Bonchev–Trinajstić information content (AvgIpc) is 3.28. The molecule has 3 heterocycles. The lowest BCUT2D eigenvalue weighted by Gasteiger charge is -2.34. The van der Waals surface area contributed by atoms with Gasteiger partial charge in [0, 0.05) is 50.3 Å². The van der Waals surface area contributed by atoms with Gasteiger partial charge in [-0.3, -0.25) is 4.79 Å². The lowest BCUT2D eigenvalue weighted by Crippen LogP contribution is -2.42. The highest BCUT2D eigenvalue weighted by Gasteiger charge is 2.28. The lowest BCUT2D eigenvalue weighted by atomic mass is 9.93. The molecule has 1 fully saturated rings. The molecule has 142 valence electrons. The van der Waals surface area contributed by atoms with Crippen LogP contribution in [0.2, 0.25) is 0 Å². The van der Waals surface area contributed by atoms with Crippen molar-refractivity contribution in [1.82, 2.24) is 24.0 Å². The number of piperidine rings is 1.